The summed E-state index contributed by atoms with van der Waals surface area (Å²) in [4.78, 5) is 19.8. The molecule has 0 spiro atoms. The van der Waals surface area contributed by atoms with Crippen molar-refractivity contribution < 1.29 is 9.90 Å². The topological polar surface area (TPSA) is 66.0 Å². The number of carbonyl (C=O) groups excluding carboxylic acids is 1. The molecule has 1 aromatic heterocycles. The zero-order valence-corrected chi connectivity index (χ0v) is 12.2. The van der Waals surface area contributed by atoms with Crippen molar-refractivity contribution in [2.45, 2.75) is 6.92 Å². The van der Waals surface area contributed by atoms with Gasteiger partial charge in [0, 0.05) is 11.1 Å². The number of phenols is 1. The lowest BCUT2D eigenvalue weighted by Gasteiger charge is -1.99. The Morgan fingerprint density at radius 1 is 1.23 bits per heavy atom. The normalized spacial score (nSPS) is 17.1. The standard InChI is InChI=1S/C18H16N2O2/c1-12-3-2-4-13(6-5-12)17(22)16-11-19-18(20-16)14-7-9-15(21)10-8-14/h2-12,21H,1H3,(H,19,20). The third kappa shape index (κ3) is 2.91. The van der Waals surface area contributed by atoms with Crippen molar-refractivity contribution in [1.29, 1.82) is 0 Å². The van der Waals surface area contributed by atoms with Crippen LogP contribution in [0.3, 0.4) is 0 Å². The van der Waals surface area contributed by atoms with Gasteiger partial charge >= 0.3 is 0 Å². The highest BCUT2D eigenvalue weighted by atomic mass is 16.3. The largest absolute Gasteiger partial charge is 0.508 e. The van der Waals surface area contributed by atoms with Crippen LogP contribution in [0, 0.1) is 5.92 Å². The quantitative estimate of drug-likeness (QED) is 0.848. The Morgan fingerprint density at radius 2 is 2.00 bits per heavy atom. The van der Waals surface area contributed by atoms with Crippen LogP contribution in [0.25, 0.3) is 11.4 Å². The summed E-state index contributed by atoms with van der Waals surface area (Å²) in [6, 6.07) is 6.67. The van der Waals surface area contributed by atoms with Gasteiger partial charge in [-0.25, -0.2) is 4.98 Å². The van der Waals surface area contributed by atoms with Gasteiger partial charge in [-0.15, -0.1) is 0 Å². The van der Waals surface area contributed by atoms with Gasteiger partial charge in [0.2, 0.25) is 5.78 Å². The number of rotatable bonds is 3. The Labute approximate surface area is 128 Å². The van der Waals surface area contributed by atoms with Crippen LogP contribution in [-0.2, 0) is 0 Å². The number of carbonyl (C=O) groups is 1. The molecule has 0 saturated carbocycles. The molecule has 1 aromatic carbocycles. The number of H-pyrrole nitrogens is 1. The molecule has 2 aromatic rings. The molecule has 3 rings (SSSR count). The first-order chi connectivity index (χ1) is 10.6. The minimum Gasteiger partial charge on any atom is -0.508 e. The minimum absolute atomic E-state index is 0.0903. The summed E-state index contributed by atoms with van der Waals surface area (Å²) in [5.41, 5.74) is 1.89. The van der Waals surface area contributed by atoms with E-state index in [2.05, 4.69) is 16.9 Å². The zero-order valence-electron chi connectivity index (χ0n) is 12.2. The van der Waals surface area contributed by atoms with E-state index in [1.165, 1.54) is 6.20 Å². The number of aromatic nitrogens is 2. The second kappa shape index (κ2) is 5.85. The van der Waals surface area contributed by atoms with Gasteiger partial charge in [0.25, 0.3) is 0 Å². The second-order valence-corrected chi connectivity index (χ2v) is 5.25. The van der Waals surface area contributed by atoms with Crippen molar-refractivity contribution in [2.24, 2.45) is 5.92 Å². The molecule has 1 aliphatic rings. The number of hydrogen-bond donors (Lipinski definition) is 2. The number of allylic oxidation sites excluding steroid dienone is 6. The average Bonchev–Trinajstić information content (AvgIpc) is 2.90. The smallest absolute Gasteiger partial charge is 0.210 e. The molecule has 1 aliphatic carbocycles. The van der Waals surface area contributed by atoms with Gasteiger partial charge in [0.05, 0.1) is 6.20 Å². The van der Waals surface area contributed by atoms with E-state index in [0.29, 0.717) is 23.0 Å². The van der Waals surface area contributed by atoms with E-state index in [1.54, 1.807) is 24.3 Å². The van der Waals surface area contributed by atoms with E-state index in [0.717, 1.165) is 5.56 Å². The van der Waals surface area contributed by atoms with E-state index in [4.69, 9.17) is 0 Å². The maximum absolute atomic E-state index is 12.5. The molecule has 1 unspecified atom stereocenters. The van der Waals surface area contributed by atoms with Crippen LogP contribution in [0.15, 0.2) is 66.4 Å². The fraction of sp³-hybridized carbons (Fsp3) is 0.111. The van der Waals surface area contributed by atoms with Crippen molar-refractivity contribution in [2.75, 3.05) is 0 Å². The van der Waals surface area contributed by atoms with Gasteiger partial charge in [-0.3, -0.25) is 4.79 Å². The van der Waals surface area contributed by atoms with Gasteiger partial charge < -0.3 is 10.1 Å². The van der Waals surface area contributed by atoms with Crippen LogP contribution in [-0.4, -0.2) is 20.9 Å². The average molecular weight is 292 g/mol. The summed E-state index contributed by atoms with van der Waals surface area (Å²) < 4.78 is 0. The Kier molecular flexibility index (Phi) is 3.74. The fourth-order valence-electron chi connectivity index (χ4n) is 2.22. The van der Waals surface area contributed by atoms with Crippen molar-refractivity contribution in [3.63, 3.8) is 0 Å². The molecule has 0 saturated heterocycles. The maximum Gasteiger partial charge on any atom is 0.210 e. The Balaban J connectivity index is 1.86. The third-order valence-corrected chi connectivity index (χ3v) is 3.49. The predicted octanol–water partition coefficient (Wildman–Crippen LogP) is 3.65. The van der Waals surface area contributed by atoms with Crippen LogP contribution >= 0.6 is 0 Å². The Hall–Kier alpha value is -2.88. The fourth-order valence-corrected chi connectivity index (χ4v) is 2.22. The van der Waals surface area contributed by atoms with Gasteiger partial charge in [-0.05, 0) is 30.2 Å². The molecular weight excluding hydrogens is 276 g/mol. The van der Waals surface area contributed by atoms with Crippen molar-refractivity contribution in [3.05, 3.63) is 72.1 Å². The van der Waals surface area contributed by atoms with E-state index in [1.807, 2.05) is 30.4 Å². The van der Waals surface area contributed by atoms with Gasteiger partial charge in [0.15, 0.2) is 0 Å². The lowest BCUT2D eigenvalue weighted by atomic mass is 10.1. The minimum atomic E-state index is -0.0903. The number of imidazole rings is 1. The summed E-state index contributed by atoms with van der Waals surface area (Å²) in [7, 11) is 0. The molecule has 1 atom stereocenters. The molecule has 0 fully saturated rings. The van der Waals surface area contributed by atoms with Crippen LogP contribution in [0.4, 0.5) is 0 Å². The molecule has 2 N–H and O–H groups in total. The number of hydrogen-bond acceptors (Lipinski definition) is 3. The van der Waals surface area contributed by atoms with Crippen LogP contribution < -0.4 is 0 Å². The first-order valence-electron chi connectivity index (χ1n) is 7.09. The molecule has 110 valence electrons. The summed E-state index contributed by atoms with van der Waals surface area (Å²) >= 11 is 0. The maximum atomic E-state index is 12.5. The molecule has 0 bridgehead atoms. The molecule has 0 aliphatic heterocycles. The Morgan fingerprint density at radius 3 is 2.77 bits per heavy atom. The molecule has 0 radical (unpaired) electrons. The van der Waals surface area contributed by atoms with Crippen molar-refractivity contribution >= 4 is 5.78 Å². The first kappa shape index (κ1) is 14.1. The van der Waals surface area contributed by atoms with E-state index >= 15 is 0 Å². The highest BCUT2D eigenvalue weighted by Gasteiger charge is 2.14. The first-order valence-corrected chi connectivity index (χ1v) is 7.09. The lowest BCUT2D eigenvalue weighted by molar-refractivity contribution is 0.103. The van der Waals surface area contributed by atoms with E-state index < -0.39 is 0 Å². The SMILES string of the molecule is CC1C=CC=C(C(=O)c2cnc(-c3ccc(O)cc3)[nH]2)C=C1. The molecule has 1 heterocycles. The number of aromatic amines is 1. The number of Topliss-reactive ketones (excluding diaryl/α,β-unsaturated/α-hetero) is 1. The van der Waals surface area contributed by atoms with Crippen LogP contribution in [0.1, 0.15) is 17.4 Å². The number of nitrogens with zero attached hydrogens (tertiary/aromatic N) is 1. The van der Waals surface area contributed by atoms with Gasteiger partial charge in [-0.1, -0.05) is 37.3 Å². The summed E-state index contributed by atoms with van der Waals surface area (Å²) in [5, 5.41) is 9.31. The molecular formula is C18H16N2O2. The summed E-state index contributed by atoms with van der Waals surface area (Å²) in [6.45, 7) is 2.06. The van der Waals surface area contributed by atoms with E-state index in [9.17, 15) is 9.90 Å². The number of benzene rings is 1. The highest BCUT2D eigenvalue weighted by Crippen LogP contribution is 2.20. The molecule has 4 nitrogen and oxygen atoms in total. The van der Waals surface area contributed by atoms with E-state index in [-0.39, 0.29) is 11.5 Å². The van der Waals surface area contributed by atoms with Gasteiger partial charge in [0.1, 0.15) is 17.3 Å². The second-order valence-electron chi connectivity index (χ2n) is 5.25. The molecule has 22 heavy (non-hydrogen) atoms. The van der Waals surface area contributed by atoms with Crippen molar-refractivity contribution in [1.82, 2.24) is 9.97 Å². The predicted molar refractivity (Wildman–Crippen MR) is 85.5 cm³/mol. The number of aromatic hydroxyl groups is 1. The number of nitrogens with one attached hydrogen (secondary N) is 1. The number of ketones is 1. The molecule has 0 amide bonds. The molecule has 4 heteroatoms. The summed E-state index contributed by atoms with van der Waals surface area (Å²) in [5.74, 6) is 1.02. The highest BCUT2D eigenvalue weighted by molar-refractivity contribution is 6.09. The van der Waals surface area contributed by atoms with Crippen molar-refractivity contribution in [3.8, 4) is 17.1 Å². The van der Waals surface area contributed by atoms with Crippen LogP contribution in [0.5, 0.6) is 5.75 Å². The zero-order chi connectivity index (χ0) is 15.5. The lowest BCUT2D eigenvalue weighted by Crippen LogP contribution is -2.02. The Bertz CT molecular complexity index is 780. The third-order valence-electron chi connectivity index (χ3n) is 3.49. The van der Waals surface area contributed by atoms with Crippen LogP contribution in [0.2, 0.25) is 0 Å². The summed E-state index contributed by atoms with van der Waals surface area (Å²) in [6.07, 6.45) is 11.1. The van der Waals surface area contributed by atoms with Gasteiger partial charge in [-0.2, -0.15) is 0 Å². The number of phenolic OH excluding ortho intramolecular Hbond substituents is 1. The monoisotopic (exact) mass is 292 g/mol.